The average Bonchev–Trinajstić information content (AvgIpc) is 2.70. The largest absolute Gasteiger partial charge is 0.440 e. The summed E-state index contributed by atoms with van der Waals surface area (Å²) in [5, 5.41) is 2.85. The number of oxazole rings is 1. The first-order valence-corrected chi connectivity index (χ1v) is 6.97. The molecule has 1 amide bonds. The number of anilines is 1. The van der Waals surface area contributed by atoms with Gasteiger partial charge >= 0.3 is 0 Å². The van der Waals surface area contributed by atoms with Gasteiger partial charge in [-0.15, -0.1) is 0 Å². The standard InChI is InChI=1S/C14H17BrN2O2/c1-8(2)12-17-10-7-9(5-6-11(10)19-12)16-13(18)14(3,4)15/h5-8H,1-4H3,(H,16,18). The second-order valence-electron chi connectivity index (χ2n) is 5.32. The molecule has 0 aliphatic heterocycles. The van der Waals surface area contributed by atoms with E-state index in [-0.39, 0.29) is 11.8 Å². The number of amides is 1. The van der Waals surface area contributed by atoms with Gasteiger partial charge in [-0.05, 0) is 32.0 Å². The van der Waals surface area contributed by atoms with Crippen molar-refractivity contribution in [3.8, 4) is 0 Å². The van der Waals surface area contributed by atoms with Gasteiger partial charge in [0.1, 0.15) is 5.52 Å². The van der Waals surface area contributed by atoms with E-state index in [0.29, 0.717) is 11.6 Å². The molecule has 0 spiro atoms. The number of rotatable bonds is 3. The topological polar surface area (TPSA) is 55.1 Å². The van der Waals surface area contributed by atoms with E-state index >= 15 is 0 Å². The number of carbonyl (C=O) groups excluding carboxylic acids is 1. The molecule has 4 nitrogen and oxygen atoms in total. The predicted molar refractivity (Wildman–Crippen MR) is 79.7 cm³/mol. The molecule has 0 atom stereocenters. The number of hydrogen-bond acceptors (Lipinski definition) is 3. The maximum Gasteiger partial charge on any atom is 0.240 e. The molecule has 0 aliphatic rings. The highest BCUT2D eigenvalue weighted by molar-refractivity contribution is 9.10. The Morgan fingerprint density at radius 3 is 2.68 bits per heavy atom. The van der Waals surface area contributed by atoms with Gasteiger partial charge in [0.15, 0.2) is 11.5 Å². The quantitative estimate of drug-likeness (QED) is 0.866. The van der Waals surface area contributed by atoms with E-state index in [4.69, 9.17) is 4.42 Å². The third-order valence-corrected chi connectivity index (χ3v) is 3.06. The lowest BCUT2D eigenvalue weighted by Crippen LogP contribution is -2.30. The molecule has 0 bridgehead atoms. The first-order valence-electron chi connectivity index (χ1n) is 6.18. The molecule has 1 heterocycles. The first-order chi connectivity index (χ1) is 8.77. The van der Waals surface area contributed by atoms with E-state index in [9.17, 15) is 4.79 Å². The van der Waals surface area contributed by atoms with Crippen LogP contribution in [0.4, 0.5) is 5.69 Å². The summed E-state index contributed by atoms with van der Waals surface area (Å²) in [5.41, 5.74) is 2.21. The van der Waals surface area contributed by atoms with Crippen LogP contribution in [0.1, 0.15) is 39.5 Å². The van der Waals surface area contributed by atoms with E-state index < -0.39 is 4.32 Å². The van der Waals surface area contributed by atoms with E-state index in [1.165, 1.54) is 0 Å². The second-order valence-corrected chi connectivity index (χ2v) is 7.30. The van der Waals surface area contributed by atoms with Crippen LogP contribution in [-0.4, -0.2) is 15.2 Å². The van der Waals surface area contributed by atoms with Crippen LogP contribution in [0.2, 0.25) is 0 Å². The number of nitrogens with zero attached hydrogens (tertiary/aromatic N) is 1. The van der Waals surface area contributed by atoms with Crippen molar-refractivity contribution in [2.75, 3.05) is 5.32 Å². The fourth-order valence-electron chi connectivity index (χ4n) is 1.55. The molecule has 5 heteroatoms. The van der Waals surface area contributed by atoms with Gasteiger partial charge in [-0.3, -0.25) is 4.79 Å². The molecule has 1 aromatic carbocycles. The van der Waals surface area contributed by atoms with Crippen molar-refractivity contribution in [2.24, 2.45) is 0 Å². The Morgan fingerprint density at radius 1 is 1.42 bits per heavy atom. The molecule has 2 rings (SSSR count). The SMILES string of the molecule is CC(C)c1nc2cc(NC(=O)C(C)(C)Br)ccc2o1. The van der Waals surface area contributed by atoms with E-state index in [0.717, 1.165) is 11.1 Å². The molecule has 2 aromatic rings. The lowest BCUT2D eigenvalue weighted by molar-refractivity contribution is -0.117. The van der Waals surface area contributed by atoms with Crippen LogP contribution in [0, 0.1) is 0 Å². The molecule has 0 unspecified atom stereocenters. The minimum absolute atomic E-state index is 0.0978. The number of benzene rings is 1. The number of alkyl halides is 1. The van der Waals surface area contributed by atoms with Gasteiger partial charge in [-0.25, -0.2) is 4.98 Å². The Labute approximate surface area is 120 Å². The minimum atomic E-state index is -0.602. The van der Waals surface area contributed by atoms with E-state index in [1.54, 1.807) is 13.8 Å². The summed E-state index contributed by atoms with van der Waals surface area (Å²) in [4.78, 5) is 16.3. The maximum absolute atomic E-state index is 11.9. The third-order valence-electron chi connectivity index (χ3n) is 2.70. The summed E-state index contributed by atoms with van der Waals surface area (Å²) in [7, 11) is 0. The molecule has 1 aromatic heterocycles. The van der Waals surface area contributed by atoms with Crippen LogP contribution in [0.25, 0.3) is 11.1 Å². The molecule has 19 heavy (non-hydrogen) atoms. The number of halogens is 1. The summed E-state index contributed by atoms with van der Waals surface area (Å²) in [6.07, 6.45) is 0. The Morgan fingerprint density at radius 2 is 2.11 bits per heavy atom. The third kappa shape index (κ3) is 3.15. The van der Waals surface area contributed by atoms with Gasteiger partial charge in [0.05, 0.1) is 4.32 Å². The molecule has 0 saturated carbocycles. The summed E-state index contributed by atoms with van der Waals surface area (Å²) in [6, 6.07) is 5.46. The lowest BCUT2D eigenvalue weighted by atomic mass is 10.2. The minimum Gasteiger partial charge on any atom is -0.440 e. The van der Waals surface area contributed by atoms with Gasteiger partial charge in [0.2, 0.25) is 5.91 Å². The van der Waals surface area contributed by atoms with Gasteiger partial charge < -0.3 is 9.73 Å². The molecular formula is C14H17BrN2O2. The number of hydrogen-bond donors (Lipinski definition) is 1. The highest BCUT2D eigenvalue weighted by Crippen LogP contribution is 2.25. The summed E-state index contributed by atoms with van der Waals surface area (Å²) in [5.74, 6) is 0.852. The van der Waals surface area contributed by atoms with Crippen LogP contribution in [-0.2, 0) is 4.79 Å². The van der Waals surface area contributed by atoms with Crippen molar-refractivity contribution in [3.63, 3.8) is 0 Å². The number of carbonyl (C=O) groups is 1. The van der Waals surface area contributed by atoms with Crippen LogP contribution >= 0.6 is 15.9 Å². The number of nitrogens with one attached hydrogen (secondary N) is 1. The van der Waals surface area contributed by atoms with Gasteiger partial charge in [-0.2, -0.15) is 0 Å². The predicted octanol–water partition coefficient (Wildman–Crippen LogP) is 4.06. The molecule has 0 aliphatic carbocycles. The molecule has 0 radical (unpaired) electrons. The molecule has 0 saturated heterocycles. The molecule has 1 N–H and O–H groups in total. The van der Waals surface area contributed by atoms with Crippen molar-refractivity contribution in [1.82, 2.24) is 4.98 Å². The number of fused-ring (bicyclic) bond motifs is 1. The van der Waals surface area contributed by atoms with Crippen LogP contribution in [0.3, 0.4) is 0 Å². The van der Waals surface area contributed by atoms with Gasteiger partial charge in [0, 0.05) is 11.6 Å². The fourth-order valence-corrected chi connectivity index (χ4v) is 1.65. The van der Waals surface area contributed by atoms with Gasteiger partial charge in [-0.1, -0.05) is 29.8 Å². The van der Waals surface area contributed by atoms with Crippen LogP contribution in [0.5, 0.6) is 0 Å². The molecular weight excluding hydrogens is 308 g/mol. The summed E-state index contributed by atoms with van der Waals surface area (Å²) >= 11 is 3.33. The van der Waals surface area contributed by atoms with Crippen molar-refractivity contribution in [1.29, 1.82) is 0 Å². The van der Waals surface area contributed by atoms with E-state index in [1.807, 2.05) is 32.0 Å². The second kappa shape index (κ2) is 4.96. The van der Waals surface area contributed by atoms with Gasteiger partial charge in [0.25, 0.3) is 0 Å². The molecule has 0 fully saturated rings. The molecule has 102 valence electrons. The van der Waals surface area contributed by atoms with E-state index in [2.05, 4.69) is 26.2 Å². The average molecular weight is 325 g/mol. The smallest absolute Gasteiger partial charge is 0.240 e. The Kier molecular flexibility index (Phi) is 3.67. The lowest BCUT2D eigenvalue weighted by Gasteiger charge is -2.15. The maximum atomic E-state index is 11.9. The summed E-state index contributed by atoms with van der Waals surface area (Å²) < 4.78 is 5.02. The zero-order valence-corrected chi connectivity index (χ0v) is 13.0. The van der Waals surface area contributed by atoms with Crippen molar-refractivity contribution in [3.05, 3.63) is 24.1 Å². The Hall–Kier alpha value is -1.36. The summed E-state index contributed by atoms with van der Waals surface area (Å²) in [6.45, 7) is 7.66. The fraction of sp³-hybridized carbons (Fsp3) is 0.429. The zero-order valence-electron chi connectivity index (χ0n) is 11.5. The highest BCUT2D eigenvalue weighted by atomic mass is 79.9. The van der Waals surface area contributed by atoms with Crippen LogP contribution in [0.15, 0.2) is 22.6 Å². The first kappa shape index (κ1) is 14.1. The Balaban J connectivity index is 2.29. The Bertz CT molecular complexity index is 611. The van der Waals surface area contributed by atoms with Crippen molar-refractivity contribution >= 4 is 38.6 Å². The monoisotopic (exact) mass is 324 g/mol. The van der Waals surface area contributed by atoms with Crippen molar-refractivity contribution < 1.29 is 9.21 Å². The number of aromatic nitrogens is 1. The normalized spacial score (nSPS) is 12.1. The highest BCUT2D eigenvalue weighted by Gasteiger charge is 2.23. The zero-order chi connectivity index (χ0) is 14.2. The van der Waals surface area contributed by atoms with Crippen LogP contribution < -0.4 is 5.32 Å². The van der Waals surface area contributed by atoms with Crippen molar-refractivity contribution in [2.45, 2.75) is 37.9 Å².